The molecule has 0 aliphatic carbocycles. The highest BCUT2D eigenvalue weighted by molar-refractivity contribution is 8.45. The minimum Gasteiger partial charge on any atom is -0.481 e. The molecule has 3 rings (SSSR count). The molecule has 166 valence electrons. The molecule has 0 bridgehead atoms. The maximum atomic E-state index is 13.2. The van der Waals surface area contributed by atoms with Crippen LogP contribution in [0.2, 0.25) is 0 Å². The Morgan fingerprint density at radius 1 is 1.06 bits per heavy atom. The maximum absolute atomic E-state index is 13.2. The van der Waals surface area contributed by atoms with E-state index < -0.39 is 20.5 Å². The molecule has 0 radical (unpaired) electrons. The van der Waals surface area contributed by atoms with Gasteiger partial charge in [0.1, 0.15) is 4.90 Å². The third-order valence-corrected chi connectivity index (χ3v) is 6.36. The fraction of sp³-hybridized carbons (Fsp3) is 0.273. The normalized spacial score (nSPS) is 16.1. The van der Waals surface area contributed by atoms with Crippen molar-refractivity contribution in [1.29, 1.82) is 5.26 Å². The summed E-state index contributed by atoms with van der Waals surface area (Å²) in [4.78, 5) is 2.51. The summed E-state index contributed by atoms with van der Waals surface area (Å²) in [7, 11) is -8.31. The van der Waals surface area contributed by atoms with E-state index >= 15 is 0 Å². The number of nitrogens with zero attached hydrogens (tertiary/aromatic N) is 2. The molecule has 1 unspecified atom stereocenters. The molecule has 0 saturated carbocycles. The Hall–Kier alpha value is -2.86. The van der Waals surface area contributed by atoms with Crippen molar-refractivity contribution in [1.82, 2.24) is 4.98 Å². The van der Waals surface area contributed by atoms with Crippen molar-refractivity contribution in [3.05, 3.63) is 65.2 Å². The van der Waals surface area contributed by atoms with Gasteiger partial charge in [-0.25, -0.2) is 4.98 Å². The number of hydrogen-bond acceptors (Lipinski definition) is 3. The van der Waals surface area contributed by atoms with Crippen LogP contribution in [0.5, 0.6) is 5.88 Å². The molecule has 0 amide bonds. The molecule has 0 aliphatic heterocycles. The van der Waals surface area contributed by atoms with Gasteiger partial charge in [-0.1, -0.05) is 50.6 Å². The third kappa shape index (κ3) is 4.74. The Morgan fingerprint density at radius 2 is 1.77 bits per heavy atom. The highest BCUT2D eigenvalue weighted by Crippen LogP contribution is 3.02. The van der Waals surface area contributed by atoms with Gasteiger partial charge >= 0.3 is 10.2 Å². The largest absolute Gasteiger partial charge is 0.481 e. The van der Waals surface area contributed by atoms with Crippen molar-refractivity contribution >= 4 is 21.1 Å². The summed E-state index contributed by atoms with van der Waals surface area (Å²) in [5.41, 5.74) is 0.719. The molecule has 0 aliphatic rings. The first-order chi connectivity index (χ1) is 14.2. The molecule has 2 aromatic carbocycles. The van der Waals surface area contributed by atoms with Crippen LogP contribution in [0.3, 0.4) is 0 Å². The summed E-state index contributed by atoms with van der Waals surface area (Å²) in [5.74, 6) is 0.453. The first kappa shape index (κ1) is 22.8. The lowest BCUT2D eigenvalue weighted by atomic mass is 9.78. The van der Waals surface area contributed by atoms with Gasteiger partial charge in [-0.15, -0.1) is 0 Å². The number of benzene rings is 2. The monoisotopic (exact) mass is 456 g/mol. The summed E-state index contributed by atoms with van der Waals surface area (Å²) >= 11 is 0. The second-order valence-corrected chi connectivity index (χ2v) is 10.1. The van der Waals surface area contributed by atoms with E-state index in [0.29, 0.717) is 35.5 Å². The van der Waals surface area contributed by atoms with Gasteiger partial charge in [0.2, 0.25) is 5.88 Å². The number of aromatic nitrogens is 1. The number of methoxy groups -OCH3 is 1. The molecule has 0 spiro atoms. The minimum atomic E-state index is -9.81. The zero-order chi connectivity index (χ0) is 23.1. The van der Waals surface area contributed by atoms with Crippen LogP contribution >= 0.6 is 10.2 Å². The van der Waals surface area contributed by atoms with Crippen LogP contribution in [0.1, 0.15) is 30.5 Å². The lowest BCUT2D eigenvalue weighted by Gasteiger charge is -2.40. The Balaban J connectivity index is 2.05. The van der Waals surface area contributed by atoms with Crippen molar-refractivity contribution in [2.75, 3.05) is 7.11 Å². The van der Waals surface area contributed by atoms with Crippen LogP contribution in [0.15, 0.2) is 53.4 Å². The van der Waals surface area contributed by atoms with Crippen molar-refractivity contribution in [2.24, 2.45) is 0 Å². The number of pyridine rings is 1. The number of fused-ring (bicyclic) bond motifs is 1. The van der Waals surface area contributed by atoms with E-state index in [1.165, 1.54) is 13.2 Å². The molecule has 1 atom stereocenters. The zero-order valence-corrected chi connectivity index (χ0v) is 18.0. The smallest absolute Gasteiger partial charge is 0.310 e. The van der Waals surface area contributed by atoms with Crippen molar-refractivity contribution in [3.8, 4) is 11.9 Å². The molecule has 3 aromatic rings. The summed E-state index contributed by atoms with van der Waals surface area (Å²) in [5, 5.41) is 10.7. The highest BCUT2D eigenvalue weighted by atomic mass is 32.5. The lowest BCUT2D eigenvalue weighted by Crippen LogP contribution is -2.23. The highest BCUT2D eigenvalue weighted by Gasteiger charge is 2.65. The van der Waals surface area contributed by atoms with E-state index in [1.54, 1.807) is 25.1 Å². The molecule has 1 aromatic heterocycles. The first-order valence-corrected chi connectivity index (χ1v) is 11.4. The van der Waals surface area contributed by atoms with Crippen LogP contribution in [-0.2, 0) is 18.3 Å². The number of hydrogen-bond donors (Lipinski definition) is 0. The molecule has 1 heterocycles. The minimum absolute atomic E-state index is 0.0123. The van der Waals surface area contributed by atoms with Gasteiger partial charge in [-0.3, -0.25) is 0 Å². The fourth-order valence-corrected chi connectivity index (χ4v) is 4.19. The second kappa shape index (κ2) is 6.82. The number of aryl methyl sites for hydroxylation is 1. The summed E-state index contributed by atoms with van der Waals surface area (Å²) in [6.07, 6.45) is 0.535. The number of ether oxygens (including phenoxy) is 1. The summed E-state index contributed by atoms with van der Waals surface area (Å²) in [6, 6.07) is 12.2. The predicted molar refractivity (Wildman–Crippen MR) is 112 cm³/mol. The van der Waals surface area contributed by atoms with E-state index in [-0.39, 0.29) is 12.0 Å². The van der Waals surface area contributed by atoms with E-state index in [4.69, 9.17) is 4.74 Å². The van der Waals surface area contributed by atoms with Crippen LogP contribution < -0.4 is 4.74 Å². The van der Waals surface area contributed by atoms with Gasteiger partial charge in [0.15, 0.2) is 0 Å². The predicted octanol–water partition coefficient (Wildman–Crippen LogP) is 7.49. The zero-order valence-electron chi connectivity index (χ0n) is 17.1. The topological polar surface area (TPSA) is 45.9 Å². The quantitative estimate of drug-likeness (QED) is 0.361. The molecule has 9 heteroatoms. The third-order valence-electron chi connectivity index (χ3n) is 5.22. The molecule has 0 fully saturated rings. The Bertz CT molecular complexity index is 1210. The van der Waals surface area contributed by atoms with E-state index in [0.717, 1.165) is 17.0 Å². The van der Waals surface area contributed by atoms with Gasteiger partial charge in [-0.2, -0.15) is 5.26 Å². The van der Waals surface area contributed by atoms with Crippen LogP contribution in [0, 0.1) is 11.3 Å². The Morgan fingerprint density at radius 3 is 2.35 bits per heavy atom. The van der Waals surface area contributed by atoms with E-state index in [1.807, 2.05) is 13.0 Å². The van der Waals surface area contributed by atoms with Gasteiger partial charge in [0.25, 0.3) is 0 Å². The average molecular weight is 456 g/mol. The Kier molecular flexibility index (Phi) is 5.02. The molecule has 3 nitrogen and oxygen atoms in total. The van der Waals surface area contributed by atoms with Gasteiger partial charge < -0.3 is 4.74 Å². The van der Waals surface area contributed by atoms with Gasteiger partial charge in [-0.05, 0) is 55.2 Å². The second-order valence-electron chi connectivity index (χ2n) is 7.65. The number of rotatable bonds is 6. The standard InChI is InChI=1S/C22H21F5N2OS/c1-4-16-11-17-8-9-18(12-20(17)29-21(16)30-3)22(2,14-28)13-15-6-5-7-19(10-15)31(23,24,25,26)27/h5-12H,4,13H2,1-3H3. The van der Waals surface area contributed by atoms with Crippen LogP contribution in [0.25, 0.3) is 10.9 Å². The molecule has 0 N–H and O–H groups in total. The van der Waals surface area contributed by atoms with E-state index in [2.05, 4.69) is 11.1 Å². The maximum Gasteiger partial charge on any atom is 0.310 e. The molecule has 31 heavy (non-hydrogen) atoms. The van der Waals surface area contributed by atoms with Gasteiger partial charge in [0.05, 0.1) is 24.1 Å². The Labute approximate surface area is 177 Å². The van der Waals surface area contributed by atoms with Crippen molar-refractivity contribution in [2.45, 2.75) is 37.0 Å². The average Bonchev–Trinajstić information content (AvgIpc) is 2.70. The number of nitriles is 1. The lowest BCUT2D eigenvalue weighted by molar-refractivity contribution is 0.363. The van der Waals surface area contributed by atoms with Crippen LogP contribution in [-0.4, -0.2) is 12.1 Å². The molecule has 0 saturated heterocycles. The number of halogens is 5. The van der Waals surface area contributed by atoms with Crippen molar-refractivity contribution in [3.63, 3.8) is 0 Å². The summed E-state index contributed by atoms with van der Waals surface area (Å²) < 4.78 is 71.2. The van der Waals surface area contributed by atoms with Crippen molar-refractivity contribution < 1.29 is 24.2 Å². The van der Waals surface area contributed by atoms with Gasteiger partial charge in [0, 0.05) is 10.9 Å². The summed E-state index contributed by atoms with van der Waals surface area (Å²) in [6.45, 7) is 3.52. The molecular weight excluding hydrogens is 435 g/mol. The molecular formula is C22H21F5N2OS. The van der Waals surface area contributed by atoms with E-state index in [9.17, 15) is 24.7 Å². The fourth-order valence-electron chi connectivity index (χ4n) is 3.48. The SMILES string of the molecule is CCc1cc2ccc(C(C)(C#N)Cc3cccc(S(F)(F)(F)(F)F)c3)cc2nc1OC. The first-order valence-electron chi connectivity index (χ1n) is 9.41. The van der Waals surface area contributed by atoms with Crippen LogP contribution in [0.4, 0.5) is 19.4 Å².